The van der Waals surface area contributed by atoms with E-state index in [1.807, 2.05) is 55.5 Å². The molecule has 0 bridgehead atoms. The Balaban J connectivity index is 1.26. The van der Waals surface area contributed by atoms with Gasteiger partial charge in [-0.1, -0.05) is 54.6 Å². The predicted octanol–water partition coefficient (Wildman–Crippen LogP) is 4.59. The van der Waals surface area contributed by atoms with Crippen LogP contribution in [0.5, 0.6) is 0 Å². The monoisotopic (exact) mass is 481 g/mol. The van der Waals surface area contributed by atoms with Gasteiger partial charge in [0.2, 0.25) is 5.91 Å². The van der Waals surface area contributed by atoms with Gasteiger partial charge in [0.05, 0.1) is 17.8 Å². The predicted molar refractivity (Wildman–Crippen MR) is 140 cm³/mol. The highest BCUT2D eigenvalue weighted by Crippen LogP contribution is 2.33. The van der Waals surface area contributed by atoms with Gasteiger partial charge in [-0.05, 0) is 68.0 Å². The quantitative estimate of drug-likeness (QED) is 0.537. The normalized spacial score (nSPS) is 17.9. The Bertz CT molecular complexity index is 1260. The van der Waals surface area contributed by atoms with Gasteiger partial charge in [0.25, 0.3) is 11.8 Å². The minimum atomic E-state index is -0.410. The summed E-state index contributed by atoms with van der Waals surface area (Å²) in [5.41, 5.74) is 3.97. The second-order valence-corrected chi connectivity index (χ2v) is 9.69. The highest BCUT2D eigenvalue weighted by Gasteiger charge is 2.41. The lowest BCUT2D eigenvalue weighted by atomic mass is 10.1. The number of nitrogens with one attached hydrogen (secondary N) is 1. The van der Waals surface area contributed by atoms with E-state index in [9.17, 15) is 14.4 Å². The largest absolute Gasteiger partial charge is 0.350 e. The van der Waals surface area contributed by atoms with E-state index >= 15 is 0 Å². The first kappa shape index (κ1) is 23.8. The molecule has 6 nitrogen and oxygen atoms in total. The summed E-state index contributed by atoms with van der Waals surface area (Å²) >= 11 is 0. The van der Waals surface area contributed by atoms with Gasteiger partial charge in [-0.3, -0.25) is 14.4 Å². The number of hydrogen-bond donors (Lipinski definition) is 1. The number of fused-ring (bicyclic) bond motifs is 2. The van der Waals surface area contributed by atoms with Crippen molar-refractivity contribution in [2.75, 3.05) is 11.4 Å². The lowest BCUT2D eigenvalue weighted by molar-refractivity contribution is -0.122. The molecule has 2 atom stereocenters. The number of rotatable bonds is 7. The molecule has 36 heavy (non-hydrogen) atoms. The van der Waals surface area contributed by atoms with Crippen molar-refractivity contribution in [3.8, 4) is 0 Å². The standard InChI is InChI=1S/C30H31N3O3/c1-21(13-14-22-8-3-2-4-9-22)31-28(34)24-17-15-23(16-18-24)20-33-26-11-6-5-10-25(26)29(35)32-19-7-12-27(32)30(33)36/h2-6,8-11,15-18,21,27H,7,12-14,19-20H2,1H3,(H,31,34)/t21-,27+/m1/s1. The molecule has 2 aliphatic heterocycles. The third-order valence-electron chi connectivity index (χ3n) is 7.13. The number of amides is 3. The summed E-state index contributed by atoms with van der Waals surface area (Å²) in [6.45, 7) is 2.99. The Morgan fingerprint density at radius 3 is 2.44 bits per heavy atom. The molecule has 0 aromatic heterocycles. The van der Waals surface area contributed by atoms with Gasteiger partial charge < -0.3 is 15.1 Å². The lowest BCUT2D eigenvalue weighted by Crippen LogP contribution is -2.44. The van der Waals surface area contributed by atoms with Crippen LogP contribution in [0.25, 0.3) is 0 Å². The fraction of sp³-hybridized carbons (Fsp3) is 0.300. The number of carbonyl (C=O) groups is 3. The molecular formula is C30H31N3O3. The van der Waals surface area contributed by atoms with Crippen molar-refractivity contribution in [2.45, 2.75) is 51.2 Å². The van der Waals surface area contributed by atoms with Crippen LogP contribution in [0, 0.1) is 0 Å². The summed E-state index contributed by atoms with van der Waals surface area (Å²) in [5, 5.41) is 3.08. The molecule has 3 aromatic carbocycles. The second kappa shape index (κ2) is 10.4. The van der Waals surface area contributed by atoms with Crippen LogP contribution in [0.1, 0.15) is 58.0 Å². The van der Waals surface area contributed by atoms with Crippen molar-refractivity contribution in [3.05, 3.63) is 101 Å². The number of benzene rings is 3. The molecule has 0 radical (unpaired) electrons. The van der Waals surface area contributed by atoms with Gasteiger partial charge in [-0.2, -0.15) is 0 Å². The van der Waals surface area contributed by atoms with Gasteiger partial charge in [-0.25, -0.2) is 0 Å². The van der Waals surface area contributed by atoms with Crippen LogP contribution < -0.4 is 10.2 Å². The van der Waals surface area contributed by atoms with E-state index in [0.717, 1.165) is 24.8 Å². The third kappa shape index (κ3) is 4.89. The molecule has 1 fully saturated rings. The summed E-state index contributed by atoms with van der Waals surface area (Å²) in [6, 6.07) is 24.6. The number of nitrogens with zero attached hydrogens (tertiary/aromatic N) is 2. The molecule has 1 saturated heterocycles. The molecule has 2 aliphatic rings. The number of hydrogen-bond acceptors (Lipinski definition) is 3. The molecule has 5 rings (SSSR count). The van der Waals surface area contributed by atoms with Gasteiger partial charge >= 0.3 is 0 Å². The average Bonchev–Trinajstić information content (AvgIpc) is 3.38. The molecule has 2 heterocycles. The minimum absolute atomic E-state index is 0.0418. The fourth-order valence-electron chi connectivity index (χ4n) is 5.12. The zero-order valence-electron chi connectivity index (χ0n) is 20.5. The van der Waals surface area contributed by atoms with Gasteiger partial charge in [0.1, 0.15) is 6.04 Å². The zero-order valence-corrected chi connectivity index (χ0v) is 20.5. The fourth-order valence-corrected chi connectivity index (χ4v) is 5.12. The van der Waals surface area contributed by atoms with E-state index in [1.54, 1.807) is 28.0 Å². The number of aryl methyl sites for hydroxylation is 1. The summed E-state index contributed by atoms with van der Waals surface area (Å²) in [4.78, 5) is 42.8. The SMILES string of the molecule is C[C@H](CCc1ccccc1)NC(=O)c1ccc(CN2C(=O)[C@@H]3CCCN3C(=O)c3ccccc32)cc1. The van der Waals surface area contributed by atoms with Crippen LogP contribution in [-0.4, -0.2) is 41.2 Å². The van der Waals surface area contributed by atoms with Crippen molar-refractivity contribution in [2.24, 2.45) is 0 Å². The van der Waals surface area contributed by atoms with E-state index in [-0.39, 0.29) is 23.8 Å². The van der Waals surface area contributed by atoms with E-state index in [2.05, 4.69) is 17.4 Å². The summed E-state index contributed by atoms with van der Waals surface area (Å²) in [6.07, 6.45) is 3.30. The third-order valence-corrected chi connectivity index (χ3v) is 7.13. The first-order chi connectivity index (χ1) is 17.5. The van der Waals surface area contributed by atoms with Gasteiger partial charge in [-0.15, -0.1) is 0 Å². The smallest absolute Gasteiger partial charge is 0.256 e. The molecule has 184 valence electrons. The maximum absolute atomic E-state index is 13.5. The summed E-state index contributed by atoms with van der Waals surface area (Å²) in [7, 11) is 0. The van der Waals surface area contributed by atoms with Crippen LogP contribution in [-0.2, 0) is 17.8 Å². The van der Waals surface area contributed by atoms with Crippen molar-refractivity contribution in [1.29, 1.82) is 0 Å². The Labute approximate surface area is 211 Å². The van der Waals surface area contributed by atoms with Gasteiger partial charge in [0, 0.05) is 18.2 Å². The molecule has 6 heteroatoms. The van der Waals surface area contributed by atoms with E-state index < -0.39 is 6.04 Å². The molecule has 3 aromatic rings. The molecule has 0 spiro atoms. The van der Waals surface area contributed by atoms with Crippen LogP contribution in [0.4, 0.5) is 5.69 Å². The minimum Gasteiger partial charge on any atom is -0.350 e. The second-order valence-electron chi connectivity index (χ2n) is 9.69. The Hall–Kier alpha value is -3.93. The number of anilines is 1. The van der Waals surface area contributed by atoms with Crippen molar-refractivity contribution >= 4 is 23.4 Å². The maximum Gasteiger partial charge on any atom is 0.256 e. The summed E-state index contributed by atoms with van der Waals surface area (Å²) < 4.78 is 0. The first-order valence-electron chi connectivity index (χ1n) is 12.7. The average molecular weight is 482 g/mol. The Kier molecular flexibility index (Phi) is 6.85. The summed E-state index contributed by atoms with van der Waals surface area (Å²) in [5.74, 6) is -0.220. The number of carbonyl (C=O) groups excluding carboxylic acids is 3. The number of para-hydroxylation sites is 1. The van der Waals surface area contributed by atoms with E-state index in [0.29, 0.717) is 36.3 Å². The molecular weight excluding hydrogens is 450 g/mol. The molecule has 0 aliphatic carbocycles. The molecule has 0 unspecified atom stereocenters. The lowest BCUT2D eigenvalue weighted by Gasteiger charge is -2.26. The van der Waals surface area contributed by atoms with Crippen LogP contribution in [0.2, 0.25) is 0 Å². The Morgan fingerprint density at radius 1 is 0.944 bits per heavy atom. The maximum atomic E-state index is 13.5. The van der Waals surface area contributed by atoms with Crippen LogP contribution in [0.15, 0.2) is 78.9 Å². The van der Waals surface area contributed by atoms with E-state index in [4.69, 9.17) is 0 Å². The van der Waals surface area contributed by atoms with Crippen LogP contribution >= 0.6 is 0 Å². The van der Waals surface area contributed by atoms with Gasteiger partial charge in [0.15, 0.2) is 0 Å². The molecule has 3 amide bonds. The topological polar surface area (TPSA) is 69.7 Å². The van der Waals surface area contributed by atoms with Crippen LogP contribution in [0.3, 0.4) is 0 Å². The highest BCUT2D eigenvalue weighted by molar-refractivity contribution is 6.11. The highest BCUT2D eigenvalue weighted by atomic mass is 16.2. The molecule has 1 N–H and O–H groups in total. The zero-order chi connectivity index (χ0) is 25.1. The Morgan fingerprint density at radius 2 is 1.67 bits per heavy atom. The van der Waals surface area contributed by atoms with E-state index in [1.165, 1.54) is 5.56 Å². The van der Waals surface area contributed by atoms with Crippen molar-refractivity contribution in [1.82, 2.24) is 10.2 Å². The first-order valence-corrected chi connectivity index (χ1v) is 12.7. The van der Waals surface area contributed by atoms with Crippen molar-refractivity contribution < 1.29 is 14.4 Å². The van der Waals surface area contributed by atoms with Crippen molar-refractivity contribution in [3.63, 3.8) is 0 Å². The molecule has 0 saturated carbocycles.